The summed E-state index contributed by atoms with van der Waals surface area (Å²) >= 11 is 0. The highest BCUT2D eigenvalue weighted by Crippen LogP contribution is 2.28. The quantitative estimate of drug-likeness (QED) is 0.532. The second kappa shape index (κ2) is 6.59. The molecule has 0 heterocycles. The van der Waals surface area contributed by atoms with Crippen LogP contribution in [0.2, 0.25) is 0 Å². The Labute approximate surface area is 99.8 Å². The number of urea groups is 1. The number of hydrogen-bond acceptors (Lipinski definition) is 4. The average molecular weight is 239 g/mol. The van der Waals surface area contributed by atoms with Crippen LogP contribution in [-0.2, 0) is 6.54 Å². The van der Waals surface area contributed by atoms with Gasteiger partial charge in [0, 0.05) is 25.2 Å². The number of nitrogens with one attached hydrogen (secondary N) is 2. The van der Waals surface area contributed by atoms with Crippen molar-refractivity contribution in [1.29, 1.82) is 0 Å². The SMILES string of the molecule is COc1cccc(CNCCNC(N)=O)c1O. The maximum Gasteiger partial charge on any atom is 0.312 e. The Kier molecular flexibility index (Phi) is 5.09. The standard InChI is InChI=1S/C11H17N3O3/c1-17-9-4-2-3-8(10(9)15)7-13-5-6-14-11(12)16/h2-4,13,15H,5-7H2,1H3,(H3,12,14,16). The number of para-hydroxylation sites is 1. The Morgan fingerprint density at radius 2 is 2.24 bits per heavy atom. The zero-order valence-corrected chi connectivity index (χ0v) is 9.69. The molecule has 0 aliphatic heterocycles. The lowest BCUT2D eigenvalue weighted by Crippen LogP contribution is -2.35. The van der Waals surface area contributed by atoms with E-state index in [-0.39, 0.29) is 5.75 Å². The molecule has 17 heavy (non-hydrogen) atoms. The topological polar surface area (TPSA) is 96.6 Å². The fourth-order valence-electron chi connectivity index (χ4n) is 1.37. The summed E-state index contributed by atoms with van der Waals surface area (Å²) in [7, 11) is 1.50. The fourth-order valence-corrected chi connectivity index (χ4v) is 1.37. The molecule has 2 amide bonds. The summed E-state index contributed by atoms with van der Waals surface area (Å²) in [5, 5.41) is 15.3. The van der Waals surface area contributed by atoms with E-state index in [1.165, 1.54) is 7.11 Å². The molecular formula is C11H17N3O3. The van der Waals surface area contributed by atoms with E-state index in [0.717, 1.165) is 5.56 Å². The number of methoxy groups -OCH3 is 1. The first-order valence-electron chi connectivity index (χ1n) is 5.24. The molecule has 5 N–H and O–H groups in total. The molecule has 6 nitrogen and oxygen atoms in total. The van der Waals surface area contributed by atoms with Gasteiger partial charge >= 0.3 is 6.03 Å². The first-order valence-corrected chi connectivity index (χ1v) is 5.24. The van der Waals surface area contributed by atoms with Crippen LogP contribution in [0.5, 0.6) is 11.5 Å². The van der Waals surface area contributed by atoms with Crippen LogP contribution in [0.25, 0.3) is 0 Å². The van der Waals surface area contributed by atoms with Gasteiger partial charge in [0.2, 0.25) is 0 Å². The number of phenols is 1. The Balaban J connectivity index is 2.39. The van der Waals surface area contributed by atoms with Crippen molar-refractivity contribution in [2.24, 2.45) is 5.73 Å². The molecule has 0 spiro atoms. The molecule has 94 valence electrons. The number of primary amides is 1. The summed E-state index contributed by atoms with van der Waals surface area (Å²) in [4.78, 5) is 10.4. The molecule has 0 fully saturated rings. The molecule has 0 aliphatic carbocycles. The van der Waals surface area contributed by atoms with Crippen LogP contribution in [-0.4, -0.2) is 31.3 Å². The number of benzene rings is 1. The highest BCUT2D eigenvalue weighted by atomic mass is 16.5. The number of aromatic hydroxyl groups is 1. The number of carbonyl (C=O) groups excluding carboxylic acids is 1. The third-order valence-corrected chi connectivity index (χ3v) is 2.22. The van der Waals surface area contributed by atoms with Crippen molar-refractivity contribution in [3.8, 4) is 11.5 Å². The van der Waals surface area contributed by atoms with Crippen molar-refractivity contribution in [3.05, 3.63) is 23.8 Å². The lowest BCUT2D eigenvalue weighted by atomic mass is 10.2. The summed E-state index contributed by atoms with van der Waals surface area (Å²) in [6.45, 7) is 1.50. The molecule has 1 rings (SSSR count). The summed E-state index contributed by atoms with van der Waals surface area (Å²) in [6, 6.07) is 4.74. The zero-order valence-electron chi connectivity index (χ0n) is 9.69. The monoisotopic (exact) mass is 239 g/mol. The van der Waals surface area contributed by atoms with Crippen LogP contribution in [0, 0.1) is 0 Å². The Morgan fingerprint density at radius 1 is 1.47 bits per heavy atom. The number of hydrogen-bond donors (Lipinski definition) is 4. The lowest BCUT2D eigenvalue weighted by Gasteiger charge is -2.09. The maximum absolute atomic E-state index is 10.4. The van der Waals surface area contributed by atoms with Gasteiger partial charge in [0.15, 0.2) is 11.5 Å². The van der Waals surface area contributed by atoms with Crippen LogP contribution in [0.1, 0.15) is 5.56 Å². The number of rotatable bonds is 6. The van der Waals surface area contributed by atoms with E-state index in [9.17, 15) is 9.90 Å². The summed E-state index contributed by atoms with van der Waals surface area (Å²) < 4.78 is 4.99. The molecule has 1 aromatic rings. The van der Waals surface area contributed by atoms with Gasteiger partial charge in [-0.2, -0.15) is 0 Å². The van der Waals surface area contributed by atoms with Crippen LogP contribution < -0.4 is 21.1 Å². The molecule has 6 heteroatoms. The molecule has 0 aromatic heterocycles. The minimum atomic E-state index is -0.545. The normalized spacial score (nSPS) is 9.94. The van der Waals surface area contributed by atoms with Crippen LogP contribution in [0.4, 0.5) is 4.79 Å². The van der Waals surface area contributed by atoms with Crippen molar-refractivity contribution >= 4 is 6.03 Å². The highest BCUT2D eigenvalue weighted by Gasteiger charge is 2.06. The Morgan fingerprint density at radius 3 is 2.88 bits per heavy atom. The molecule has 0 saturated carbocycles. The van der Waals surface area contributed by atoms with Crippen molar-refractivity contribution < 1.29 is 14.6 Å². The predicted octanol–water partition coefficient (Wildman–Crippen LogP) is 0.159. The van der Waals surface area contributed by atoms with Gasteiger partial charge in [0.1, 0.15) is 0 Å². The second-order valence-corrected chi connectivity index (χ2v) is 3.44. The number of carbonyl (C=O) groups is 1. The number of amides is 2. The smallest absolute Gasteiger partial charge is 0.312 e. The third-order valence-electron chi connectivity index (χ3n) is 2.22. The van der Waals surface area contributed by atoms with Crippen molar-refractivity contribution in [3.63, 3.8) is 0 Å². The van der Waals surface area contributed by atoms with E-state index < -0.39 is 6.03 Å². The van der Waals surface area contributed by atoms with Gasteiger partial charge in [0.05, 0.1) is 7.11 Å². The van der Waals surface area contributed by atoms with Crippen LogP contribution in [0.3, 0.4) is 0 Å². The van der Waals surface area contributed by atoms with Gasteiger partial charge in [-0.05, 0) is 6.07 Å². The van der Waals surface area contributed by atoms with Crippen molar-refractivity contribution in [2.75, 3.05) is 20.2 Å². The second-order valence-electron chi connectivity index (χ2n) is 3.44. The fraction of sp³-hybridized carbons (Fsp3) is 0.364. The van der Waals surface area contributed by atoms with E-state index in [0.29, 0.717) is 25.4 Å². The Bertz CT molecular complexity index is 382. The molecule has 0 aliphatic rings. The number of ether oxygens (including phenoxy) is 1. The van der Waals surface area contributed by atoms with Gasteiger partial charge in [-0.15, -0.1) is 0 Å². The molecule has 1 aromatic carbocycles. The molecule has 0 unspecified atom stereocenters. The average Bonchev–Trinajstić information content (AvgIpc) is 2.30. The van der Waals surface area contributed by atoms with Crippen LogP contribution in [0.15, 0.2) is 18.2 Å². The largest absolute Gasteiger partial charge is 0.504 e. The zero-order chi connectivity index (χ0) is 12.7. The predicted molar refractivity (Wildman–Crippen MR) is 64.0 cm³/mol. The summed E-state index contributed by atoms with van der Waals surface area (Å²) in [5.41, 5.74) is 5.65. The van der Waals surface area contributed by atoms with Gasteiger partial charge in [-0.3, -0.25) is 0 Å². The van der Waals surface area contributed by atoms with E-state index in [4.69, 9.17) is 10.5 Å². The van der Waals surface area contributed by atoms with E-state index >= 15 is 0 Å². The first kappa shape index (κ1) is 13.1. The van der Waals surface area contributed by atoms with Gasteiger partial charge < -0.3 is 26.2 Å². The molecular weight excluding hydrogens is 222 g/mol. The minimum absolute atomic E-state index is 0.130. The first-order chi connectivity index (χ1) is 8.15. The molecule has 0 bridgehead atoms. The minimum Gasteiger partial charge on any atom is -0.504 e. The van der Waals surface area contributed by atoms with Gasteiger partial charge in [-0.25, -0.2) is 4.79 Å². The summed E-state index contributed by atoms with van der Waals surface area (Å²) in [6.07, 6.45) is 0. The Hall–Kier alpha value is -1.95. The van der Waals surface area contributed by atoms with E-state index in [2.05, 4.69) is 10.6 Å². The van der Waals surface area contributed by atoms with E-state index in [1.807, 2.05) is 0 Å². The van der Waals surface area contributed by atoms with E-state index in [1.54, 1.807) is 18.2 Å². The number of phenolic OH excluding ortho intramolecular Hbond substituents is 1. The third kappa shape index (κ3) is 4.20. The number of nitrogens with two attached hydrogens (primary N) is 1. The maximum atomic E-state index is 10.4. The van der Waals surface area contributed by atoms with Gasteiger partial charge in [-0.1, -0.05) is 12.1 Å². The lowest BCUT2D eigenvalue weighted by molar-refractivity contribution is 0.249. The van der Waals surface area contributed by atoms with Crippen molar-refractivity contribution in [2.45, 2.75) is 6.54 Å². The molecule has 0 saturated heterocycles. The van der Waals surface area contributed by atoms with Crippen LogP contribution >= 0.6 is 0 Å². The van der Waals surface area contributed by atoms with Crippen molar-refractivity contribution in [1.82, 2.24) is 10.6 Å². The summed E-state index contributed by atoms with van der Waals surface area (Å²) in [5.74, 6) is 0.574. The molecule has 0 radical (unpaired) electrons. The highest BCUT2D eigenvalue weighted by molar-refractivity contribution is 5.71. The molecule has 0 atom stereocenters. The van der Waals surface area contributed by atoms with Gasteiger partial charge in [0.25, 0.3) is 0 Å².